The van der Waals surface area contributed by atoms with Crippen LogP contribution in [-0.2, 0) is 15.6 Å². The van der Waals surface area contributed by atoms with E-state index >= 15 is 0 Å². The first-order valence-electron chi connectivity index (χ1n) is 7.42. The standard InChI is InChI=1S/C20H16FO2S/c1-23-20(22)15-6-5-9-19(14-15)24(17-7-3-2-4-8-17)18-12-10-16(21)11-13-18/h2-14H,1H3/q+1. The average Bonchev–Trinajstić information content (AvgIpc) is 2.64. The molecule has 0 saturated heterocycles. The highest BCUT2D eigenvalue weighted by atomic mass is 32.2. The van der Waals surface area contributed by atoms with Crippen LogP contribution in [-0.4, -0.2) is 13.1 Å². The van der Waals surface area contributed by atoms with Crippen LogP contribution in [0.15, 0.2) is 93.5 Å². The van der Waals surface area contributed by atoms with Gasteiger partial charge in [0, 0.05) is 6.07 Å². The van der Waals surface area contributed by atoms with Gasteiger partial charge in [0.05, 0.1) is 23.6 Å². The molecule has 0 aliphatic carbocycles. The summed E-state index contributed by atoms with van der Waals surface area (Å²) in [6.07, 6.45) is 0. The molecule has 0 aliphatic rings. The number of hydrogen-bond donors (Lipinski definition) is 0. The molecule has 0 amide bonds. The topological polar surface area (TPSA) is 26.3 Å². The molecule has 0 bridgehead atoms. The van der Waals surface area contributed by atoms with E-state index in [1.807, 2.05) is 48.5 Å². The largest absolute Gasteiger partial charge is 0.465 e. The summed E-state index contributed by atoms with van der Waals surface area (Å²) in [4.78, 5) is 14.9. The Morgan fingerprint density at radius 2 is 1.46 bits per heavy atom. The quantitative estimate of drug-likeness (QED) is 0.508. The number of halogens is 1. The average molecular weight is 339 g/mol. The van der Waals surface area contributed by atoms with Crippen LogP contribution in [0.5, 0.6) is 0 Å². The monoisotopic (exact) mass is 339 g/mol. The third kappa shape index (κ3) is 3.49. The van der Waals surface area contributed by atoms with Crippen LogP contribution in [0.1, 0.15) is 10.4 Å². The molecule has 24 heavy (non-hydrogen) atoms. The van der Waals surface area contributed by atoms with E-state index < -0.39 is 10.9 Å². The van der Waals surface area contributed by atoms with Crippen molar-refractivity contribution >= 4 is 16.9 Å². The minimum Gasteiger partial charge on any atom is -0.465 e. The van der Waals surface area contributed by atoms with Gasteiger partial charge in [0.25, 0.3) is 0 Å². The highest BCUT2D eigenvalue weighted by Crippen LogP contribution is 2.31. The van der Waals surface area contributed by atoms with E-state index in [1.54, 1.807) is 18.2 Å². The van der Waals surface area contributed by atoms with Gasteiger partial charge < -0.3 is 4.74 Å². The van der Waals surface area contributed by atoms with E-state index in [-0.39, 0.29) is 11.8 Å². The SMILES string of the molecule is COC(=O)c1cccc([S+](c2ccccc2)c2ccc(F)cc2)c1. The van der Waals surface area contributed by atoms with E-state index in [4.69, 9.17) is 4.74 Å². The summed E-state index contributed by atoms with van der Waals surface area (Å²) in [5.41, 5.74) is 0.505. The van der Waals surface area contributed by atoms with Crippen molar-refractivity contribution in [3.63, 3.8) is 0 Å². The summed E-state index contributed by atoms with van der Waals surface area (Å²) in [5, 5.41) is 0. The van der Waals surface area contributed by atoms with Gasteiger partial charge in [0.15, 0.2) is 14.7 Å². The third-order valence-corrected chi connectivity index (χ3v) is 5.73. The van der Waals surface area contributed by atoms with E-state index in [2.05, 4.69) is 0 Å². The lowest BCUT2D eigenvalue weighted by atomic mass is 10.2. The van der Waals surface area contributed by atoms with Gasteiger partial charge >= 0.3 is 5.97 Å². The number of rotatable bonds is 4. The molecule has 4 heteroatoms. The first-order valence-corrected chi connectivity index (χ1v) is 8.65. The predicted molar refractivity (Wildman–Crippen MR) is 92.8 cm³/mol. The van der Waals surface area contributed by atoms with Gasteiger partial charge in [-0.1, -0.05) is 24.3 Å². The Hall–Kier alpha value is -2.59. The molecule has 2 nitrogen and oxygen atoms in total. The van der Waals surface area contributed by atoms with Crippen LogP contribution in [0.25, 0.3) is 0 Å². The minimum atomic E-state index is -0.426. The Bertz CT molecular complexity index is 832. The molecular formula is C20H16FO2S+. The van der Waals surface area contributed by atoms with Gasteiger partial charge in [-0.2, -0.15) is 0 Å². The van der Waals surface area contributed by atoms with E-state index in [0.717, 1.165) is 14.7 Å². The molecule has 1 atom stereocenters. The third-order valence-electron chi connectivity index (χ3n) is 3.52. The van der Waals surface area contributed by atoms with Crippen molar-refractivity contribution < 1.29 is 13.9 Å². The predicted octanol–water partition coefficient (Wildman–Crippen LogP) is 4.71. The maximum atomic E-state index is 13.3. The van der Waals surface area contributed by atoms with Crippen LogP contribution < -0.4 is 0 Å². The van der Waals surface area contributed by atoms with Gasteiger partial charge in [-0.05, 0) is 48.5 Å². The first-order chi connectivity index (χ1) is 11.7. The molecule has 0 aromatic heterocycles. The number of methoxy groups -OCH3 is 1. The lowest BCUT2D eigenvalue weighted by Crippen LogP contribution is -2.07. The smallest absolute Gasteiger partial charge is 0.338 e. The van der Waals surface area contributed by atoms with E-state index in [9.17, 15) is 9.18 Å². The zero-order chi connectivity index (χ0) is 16.9. The van der Waals surface area contributed by atoms with Crippen molar-refractivity contribution in [2.24, 2.45) is 0 Å². The Balaban J connectivity index is 2.12. The molecule has 3 rings (SSSR count). The second-order valence-electron chi connectivity index (χ2n) is 5.09. The molecule has 0 fully saturated rings. The highest BCUT2D eigenvalue weighted by Gasteiger charge is 2.29. The van der Waals surface area contributed by atoms with Crippen molar-refractivity contribution in [2.75, 3.05) is 7.11 Å². The molecule has 0 saturated carbocycles. The number of ether oxygens (including phenoxy) is 1. The van der Waals surface area contributed by atoms with E-state index in [1.165, 1.54) is 19.2 Å². The number of esters is 1. The lowest BCUT2D eigenvalue weighted by molar-refractivity contribution is 0.0600. The molecule has 1 unspecified atom stereocenters. The summed E-state index contributed by atoms with van der Waals surface area (Å²) in [6.45, 7) is 0. The van der Waals surface area contributed by atoms with Gasteiger partial charge in [-0.15, -0.1) is 0 Å². The Kier molecular flexibility index (Phi) is 4.96. The molecule has 0 N–H and O–H groups in total. The fraction of sp³-hybridized carbons (Fsp3) is 0.0500. The first kappa shape index (κ1) is 16.3. The van der Waals surface area contributed by atoms with Crippen LogP contribution in [0, 0.1) is 5.82 Å². The van der Waals surface area contributed by atoms with Crippen molar-refractivity contribution in [3.8, 4) is 0 Å². The summed E-state index contributed by atoms with van der Waals surface area (Å²) in [6, 6.07) is 23.9. The molecule has 0 radical (unpaired) electrons. The summed E-state index contributed by atoms with van der Waals surface area (Å²) in [7, 11) is 0.941. The Morgan fingerprint density at radius 3 is 2.12 bits per heavy atom. The highest BCUT2D eigenvalue weighted by molar-refractivity contribution is 7.97. The Labute approximate surface area is 143 Å². The minimum absolute atomic E-state index is 0.265. The van der Waals surface area contributed by atoms with Crippen LogP contribution >= 0.6 is 0 Å². The van der Waals surface area contributed by atoms with Crippen molar-refractivity contribution in [2.45, 2.75) is 14.7 Å². The summed E-state index contributed by atoms with van der Waals surface area (Å²) >= 11 is 0. The maximum Gasteiger partial charge on any atom is 0.338 e. The molecular weight excluding hydrogens is 323 g/mol. The Morgan fingerprint density at radius 1 is 0.833 bits per heavy atom. The van der Waals surface area contributed by atoms with Crippen LogP contribution in [0.4, 0.5) is 4.39 Å². The summed E-state index contributed by atoms with van der Waals surface area (Å²) < 4.78 is 18.1. The van der Waals surface area contributed by atoms with Crippen LogP contribution in [0.2, 0.25) is 0 Å². The van der Waals surface area contributed by atoms with Crippen molar-refractivity contribution in [3.05, 3.63) is 90.2 Å². The van der Waals surface area contributed by atoms with E-state index in [0.29, 0.717) is 5.56 Å². The van der Waals surface area contributed by atoms with Crippen LogP contribution in [0.3, 0.4) is 0 Å². The molecule has 0 spiro atoms. The molecule has 3 aromatic carbocycles. The number of benzene rings is 3. The van der Waals surface area contributed by atoms with Gasteiger partial charge in [0.1, 0.15) is 5.82 Å². The zero-order valence-electron chi connectivity index (χ0n) is 13.1. The number of carbonyl (C=O) groups excluding carboxylic acids is 1. The number of hydrogen-bond acceptors (Lipinski definition) is 2. The zero-order valence-corrected chi connectivity index (χ0v) is 13.9. The molecule has 120 valence electrons. The van der Waals surface area contributed by atoms with Gasteiger partial charge in [-0.3, -0.25) is 0 Å². The maximum absolute atomic E-state index is 13.3. The fourth-order valence-corrected chi connectivity index (χ4v) is 4.52. The lowest BCUT2D eigenvalue weighted by Gasteiger charge is -2.09. The van der Waals surface area contributed by atoms with Crippen molar-refractivity contribution in [1.82, 2.24) is 0 Å². The fourth-order valence-electron chi connectivity index (χ4n) is 2.40. The second kappa shape index (κ2) is 7.32. The van der Waals surface area contributed by atoms with Crippen molar-refractivity contribution in [1.29, 1.82) is 0 Å². The summed E-state index contributed by atoms with van der Waals surface area (Å²) in [5.74, 6) is -0.633. The second-order valence-corrected chi connectivity index (χ2v) is 7.12. The van der Waals surface area contributed by atoms with Gasteiger partial charge in [0.2, 0.25) is 0 Å². The molecule has 0 aliphatic heterocycles. The molecule has 3 aromatic rings. The van der Waals surface area contributed by atoms with Gasteiger partial charge in [-0.25, -0.2) is 9.18 Å². The number of carbonyl (C=O) groups is 1. The normalized spacial score (nSPS) is 11.8. The molecule has 0 heterocycles.